The van der Waals surface area contributed by atoms with Crippen LogP contribution in [-0.4, -0.2) is 29.9 Å². The van der Waals surface area contributed by atoms with Crippen molar-refractivity contribution in [3.8, 4) is 0 Å². The number of hydrogen-bond donors (Lipinski definition) is 1. The van der Waals surface area contributed by atoms with Crippen LogP contribution >= 0.6 is 0 Å². The molecular weight excluding hydrogens is 152 g/mol. The number of amides is 1. The molecule has 2 N–H and O–H groups in total. The highest BCUT2D eigenvalue weighted by Gasteiger charge is 2.40. The van der Waals surface area contributed by atoms with Gasteiger partial charge < -0.3 is 10.6 Å². The highest BCUT2D eigenvalue weighted by molar-refractivity contribution is 5.73. The molecule has 1 amide bonds. The average molecular weight is 168 g/mol. The van der Waals surface area contributed by atoms with E-state index in [0.717, 1.165) is 25.9 Å². The van der Waals surface area contributed by atoms with E-state index in [1.807, 2.05) is 4.90 Å². The molecule has 0 bridgehead atoms. The number of carbonyl (C=O) groups is 1. The number of fused-ring (bicyclic) bond motifs is 1. The Morgan fingerprint density at radius 2 is 1.83 bits per heavy atom. The topological polar surface area (TPSA) is 46.3 Å². The molecule has 0 aromatic carbocycles. The summed E-state index contributed by atoms with van der Waals surface area (Å²) in [5.74, 6) is 1.62. The van der Waals surface area contributed by atoms with Crippen LogP contribution in [0.2, 0.25) is 0 Å². The lowest BCUT2D eigenvalue weighted by Crippen LogP contribution is -2.29. The van der Waals surface area contributed by atoms with E-state index in [4.69, 9.17) is 5.73 Å². The molecule has 0 radical (unpaired) electrons. The zero-order valence-corrected chi connectivity index (χ0v) is 7.49. The molecule has 1 aliphatic heterocycles. The van der Waals surface area contributed by atoms with Crippen molar-refractivity contribution in [2.75, 3.05) is 13.1 Å². The summed E-state index contributed by atoms with van der Waals surface area (Å²) in [6.45, 7) is 3.56. The molecule has 68 valence electrons. The first kappa shape index (κ1) is 8.05. The lowest BCUT2D eigenvalue weighted by molar-refractivity contribution is -0.128. The molecule has 1 aliphatic carbocycles. The fourth-order valence-corrected chi connectivity index (χ4v) is 2.60. The van der Waals surface area contributed by atoms with Crippen molar-refractivity contribution < 1.29 is 4.79 Å². The van der Waals surface area contributed by atoms with Gasteiger partial charge in [-0.15, -0.1) is 0 Å². The third kappa shape index (κ3) is 1.22. The zero-order chi connectivity index (χ0) is 8.72. The summed E-state index contributed by atoms with van der Waals surface area (Å²) in [5, 5.41) is 0. The van der Waals surface area contributed by atoms with E-state index < -0.39 is 0 Å². The second kappa shape index (κ2) is 2.73. The van der Waals surface area contributed by atoms with Gasteiger partial charge >= 0.3 is 0 Å². The number of carbonyl (C=O) groups excluding carboxylic acids is 1. The Hall–Kier alpha value is -0.570. The molecule has 2 unspecified atom stereocenters. The van der Waals surface area contributed by atoms with E-state index >= 15 is 0 Å². The quantitative estimate of drug-likeness (QED) is 0.561. The second-order valence-electron chi connectivity index (χ2n) is 4.18. The van der Waals surface area contributed by atoms with Gasteiger partial charge in [-0.25, -0.2) is 0 Å². The van der Waals surface area contributed by atoms with Crippen molar-refractivity contribution in [1.82, 2.24) is 4.90 Å². The van der Waals surface area contributed by atoms with E-state index in [9.17, 15) is 4.79 Å². The van der Waals surface area contributed by atoms with Gasteiger partial charge in [-0.05, 0) is 24.7 Å². The van der Waals surface area contributed by atoms with Gasteiger partial charge in [0.2, 0.25) is 5.91 Å². The molecule has 2 aliphatic rings. The van der Waals surface area contributed by atoms with E-state index in [1.54, 1.807) is 6.92 Å². The smallest absolute Gasteiger partial charge is 0.219 e. The predicted octanol–water partition coefficient (Wildman–Crippen LogP) is 0.202. The lowest BCUT2D eigenvalue weighted by Gasteiger charge is -2.15. The van der Waals surface area contributed by atoms with Crippen molar-refractivity contribution >= 4 is 5.91 Å². The maximum absolute atomic E-state index is 11.1. The van der Waals surface area contributed by atoms with Crippen molar-refractivity contribution in [1.29, 1.82) is 0 Å². The van der Waals surface area contributed by atoms with Crippen molar-refractivity contribution in [2.45, 2.75) is 25.8 Å². The minimum absolute atomic E-state index is 0.220. The largest absolute Gasteiger partial charge is 0.342 e. The molecule has 3 heteroatoms. The van der Waals surface area contributed by atoms with E-state index in [-0.39, 0.29) is 5.91 Å². The number of hydrogen-bond acceptors (Lipinski definition) is 2. The van der Waals surface area contributed by atoms with Crippen LogP contribution in [0.25, 0.3) is 0 Å². The first-order valence-corrected chi connectivity index (χ1v) is 4.68. The maximum Gasteiger partial charge on any atom is 0.219 e. The van der Waals surface area contributed by atoms with Crippen LogP contribution in [0.3, 0.4) is 0 Å². The molecule has 2 fully saturated rings. The van der Waals surface area contributed by atoms with Crippen LogP contribution in [0.5, 0.6) is 0 Å². The molecule has 0 aromatic rings. The second-order valence-corrected chi connectivity index (χ2v) is 4.18. The minimum Gasteiger partial charge on any atom is -0.342 e. The van der Waals surface area contributed by atoms with E-state index in [1.165, 1.54) is 0 Å². The van der Waals surface area contributed by atoms with Crippen LogP contribution in [0.4, 0.5) is 0 Å². The zero-order valence-electron chi connectivity index (χ0n) is 7.49. The van der Waals surface area contributed by atoms with Crippen molar-refractivity contribution in [3.63, 3.8) is 0 Å². The normalized spacial score (nSPS) is 40.2. The van der Waals surface area contributed by atoms with Crippen molar-refractivity contribution in [2.24, 2.45) is 17.6 Å². The Bertz CT molecular complexity index is 191. The number of likely N-dealkylation sites (tertiary alicyclic amines) is 1. The van der Waals surface area contributed by atoms with Crippen molar-refractivity contribution in [3.05, 3.63) is 0 Å². The highest BCUT2D eigenvalue weighted by Crippen LogP contribution is 2.36. The highest BCUT2D eigenvalue weighted by atomic mass is 16.2. The Labute approximate surface area is 72.9 Å². The summed E-state index contributed by atoms with van der Waals surface area (Å²) in [6.07, 6.45) is 2.24. The van der Waals surface area contributed by atoms with Gasteiger partial charge in [0.15, 0.2) is 0 Å². The summed E-state index contributed by atoms with van der Waals surface area (Å²) < 4.78 is 0. The van der Waals surface area contributed by atoms with Crippen LogP contribution in [0.1, 0.15) is 19.8 Å². The number of rotatable bonds is 0. The maximum atomic E-state index is 11.1. The molecule has 3 atom stereocenters. The predicted molar refractivity (Wildman–Crippen MR) is 46.4 cm³/mol. The van der Waals surface area contributed by atoms with E-state index in [0.29, 0.717) is 17.9 Å². The van der Waals surface area contributed by atoms with Gasteiger partial charge in [0, 0.05) is 26.1 Å². The van der Waals surface area contributed by atoms with Crippen LogP contribution in [-0.2, 0) is 4.79 Å². The third-order valence-electron chi connectivity index (χ3n) is 3.23. The Balaban J connectivity index is 1.98. The molecule has 1 saturated carbocycles. The van der Waals surface area contributed by atoms with Gasteiger partial charge in [-0.2, -0.15) is 0 Å². The minimum atomic E-state index is 0.220. The lowest BCUT2D eigenvalue weighted by atomic mass is 10.0. The summed E-state index contributed by atoms with van der Waals surface area (Å²) in [4.78, 5) is 13.0. The monoisotopic (exact) mass is 168 g/mol. The molecule has 12 heavy (non-hydrogen) atoms. The van der Waals surface area contributed by atoms with Crippen LogP contribution < -0.4 is 5.73 Å². The Morgan fingerprint density at radius 3 is 2.25 bits per heavy atom. The van der Waals surface area contributed by atoms with Gasteiger partial charge in [0.05, 0.1) is 0 Å². The SMILES string of the molecule is CC(=O)N1CC2CC(N)C[C@@H]2C1. The Morgan fingerprint density at radius 1 is 1.33 bits per heavy atom. The average Bonchev–Trinajstić information content (AvgIpc) is 2.42. The molecule has 3 nitrogen and oxygen atoms in total. The van der Waals surface area contributed by atoms with Gasteiger partial charge in [-0.3, -0.25) is 4.79 Å². The molecule has 0 spiro atoms. The first-order valence-electron chi connectivity index (χ1n) is 4.68. The van der Waals surface area contributed by atoms with Gasteiger partial charge in [-0.1, -0.05) is 0 Å². The standard InChI is InChI=1S/C9H16N2O/c1-6(12)11-4-7-2-9(10)3-8(7)5-11/h7-9H,2-5,10H2,1H3/t7-,8?,9?/m1/s1. The fraction of sp³-hybridized carbons (Fsp3) is 0.889. The molecule has 1 saturated heterocycles. The summed E-state index contributed by atoms with van der Waals surface area (Å²) in [7, 11) is 0. The third-order valence-corrected chi connectivity index (χ3v) is 3.23. The first-order chi connectivity index (χ1) is 5.66. The summed E-state index contributed by atoms with van der Waals surface area (Å²) in [6, 6.07) is 0.397. The molecule has 0 aromatic heterocycles. The molecule has 2 rings (SSSR count). The summed E-state index contributed by atoms with van der Waals surface area (Å²) in [5.41, 5.74) is 5.84. The fourth-order valence-electron chi connectivity index (χ4n) is 2.60. The Kier molecular flexibility index (Phi) is 1.83. The molecule has 1 heterocycles. The van der Waals surface area contributed by atoms with Gasteiger partial charge in [0.1, 0.15) is 0 Å². The molecular formula is C9H16N2O. The van der Waals surface area contributed by atoms with E-state index in [2.05, 4.69) is 0 Å². The summed E-state index contributed by atoms with van der Waals surface area (Å²) >= 11 is 0. The van der Waals surface area contributed by atoms with Gasteiger partial charge in [0.25, 0.3) is 0 Å². The van der Waals surface area contributed by atoms with Crippen LogP contribution in [0, 0.1) is 11.8 Å². The number of nitrogens with zero attached hydrogens (tertiary/aromatic N) is 1. The number of nitrogens with two attached hydrogens (primary N) is 1. The van der Waals surface area contributed by atoms with Crippen LogP contribution in [0.15, 0.2) is 0 Å².